The van der Waals surface area contributed by atoms with Crippen LogP contribution in [0.5, 0.6) is 0 Å². The van der Waals surface area contributed by atoms with Gasteiger partial charge in [-0.15, -0.1) is 0 Å². The molecule has 0 bridgehead atoms. The summed E-state index contributed by atoms with van der Waals surface area (Å²) in [4.78, 5) is 4.37. The van der Waals surface area contributed by atoms with Crippen LogP contribution >= 0.6 is 0 Å². The minimum atomic E-state index is 0.554. The van der Waals surface area contributed by atoms with Crippen molar-refractivity contribution in [3.05, 3.63) is 53.6 Å². The normalized spacial score (nSPS) is 18.0. The molecule has 0 aliphatic heterocycles. The van der Waals surface area contributed by atoms with Crippen LogP contribution in [-0.2, 0) is 19.4 Å². The van der Waals surface area contributed by atoms with Crippen LogP contribution in [0.1, 0.15) is 43.1 Å². The molecule has 0 amide bonds. The first kappa shape index (κ1) is 14.3. The molecule has 112 valence electrons. The number of hydrogen-bond donors (Lipinski definition) is 1. The predicted molar refractivity (Wildman–Crippen MR) is 86.3 cm³/mol. The van der Waals surface area contributed by atoms with E-state index in [1.165, 1.54) is 29.7 Å². The lowest BCUT2D eigenvalue weighted by molar-refractivity contribution is 0.423. The fourth-order valence-corrected chi connectivity index (χ4v) is 3.20. The van der Waals surface area contributed by atoms with Crippen molar-refractivity contribution in [1.29, 1.82) is 0 Å². The van der Waals surface area contributed by atoms with Crippen molar-refractivity contribution in [1.82, 2.24) is 14.9 Å². The predicted octanol–water partition coefficient (Wildman–Crippen LogP) is 3.36. The number of fused-ring (bicyclic) bond motifs is 1. The number of nitrogens with one attached hydrogen (secondary N) is 1. The molecule has 0 radical (unpaired) electrons. The lowest BCUT2D eigenvalue weighted by Gasteiger charge is -2.27. The van der Waals surface area contributed by atoms with E-state index in [2.05, 4.69) is 53.0 Å². The Morgan fingerprint density at radius 1 is 1.29 bits per heavy atom. The first-order valence-electron chi connectivity index (χ1n) is 8.02. The Kier molecular flexibility index (Phi) is 4.39. The van der Waals surface area contributed by atoms with Crippen LogP contribution in [0.3, 0.4) is 0 Å². The van der Waals surface area contributed by atoms with Gasteiger partial charge in [0.25, 0.3) is 0 Å². The Labute approximate surface area is 127 Å². The van der Waals surface area contributed by atoms with E-state index in [0.717, 1.165) is 19.5 Å². The van der Waals surface area contributed by atoms with Crippen molar-refractivity contribution >= 4 is 0 Å². The number of rotatable bonds is 5. The first-order chi connectivity index (χ1) is 10.2. The maximum atomic E-state index is 4.37. The quantitative estimate of drug-likeness (QED) is 0.912. The van der Waals surface area contributed by atoms with E-state index in [9.17, 15) is 0 Å². The highest BCUT2D eigenvalue weighted by atomic mass is 15.1. The second-order valence-electron chi connectivity index (χ2n) is 6.48. The molecule has 0 saturated carbocycles. The Morgan fingerprint density at radius 2 is 2.10 bits per heavy atom. The van der Waals surface area contributed by atoms with Gasteiger partial charge in [0, 0.05) is 18.8 Å². The summed E-state index contributed by atoms with van der Waals surface area (Å²) in [7, 11) is 0. The van der Waals surface area contributed by atoms with Gasteiger partial charge in [-0.3, -0.25) is 0 Å². The third kappa shape index (κ3) is 3.35. The zero-order valence-corrected chi connectivity index (χ0v) is 13.0. The third-order valence-corrected chi connectivity index (χ3v) is 4.32. The zero-order chi connectivity index (χ0) is 14.7. The van der Waals surface area contributed by atoms with Crippen LogP contribution in [-0.4, -0.2) is 16.1 Å². The van der Waals surface area contributed by atoms with E-state index < -0.39 is 0 Å². The Balaban J connectivity index is 1.69. The van der Waals surface area contributed by atoms with Crippen molar-refractivity contribution in [3.8, 4) is 0 Å². The molecule has 3 nitrogen and oxygen atoms in total. The van der Waals surface area contributed by atoms with Gasteiger partial charge < -0.3 is 9.88 Å². The first-order valence-corrected chi connectivity index (χ1v) is 8.02. The molecule has 1 heterocycles. The minimum Gasteiger partial charge on any atom is -0.330 e. The second-order valence-corrected chi connectivity index (χ2v) is 6.48. The van der Waals surface area contributed by atoms with Crippen LogP contribution in [0.25, 0.3) is 0 Å². The van der Waals surface area contributed by atoms with E-state index in [0.29, 0.717) is 12.0 Å². The van der Waals surface area contributed by atoms with Gasteiger partial charge in [-0.1, -0.05) is 38.1 Å². The molecule has 0 fully saturated rings. The van der Waals surface area contributed by atoms with Gasteiger partial charge in [0.05, 0.1) is 12.0 Å². The van der Waals surface area contributed by atoms with Gasteiger partial charge >= 0.3 is 0 Å². The van der Waals surface area contributed by atoms with Gasteiger partial charge in [-0.2, -0.15) is 0 Å². The Hall–Kier alpha value is -1.61. The maximum Gasteiger partial charge on any atom is 0.0951 e. The zero-order valence-electron chi connectivity index (χ0n) is 13.0. The maximum absolute atomic E-state index is 4.37. The van der Waals surface area contributed by atoms with E-state index in [1.54, 1.807) is 0 Å². The monoisotopic (exact) mass is 283 g/mol. The average Bonchev–Trinajstić information content (AvgIpc) is 2.95. The molecule has 1 N–H and O–H groups in total. The molecule has 1 aliphatic carbocycles. The summed E-state index contributed by atoms with van der Waals surface area (Å²) in [6.07, 6.45) is 7.53. The molecule has 1 aromatic carbocycles. The number of aryl methyl sites for hydroxylation is 1. The molecule has 3 rings (SSSR count). The molecule has 0 spiro atoms. The summed E-state index contributed by atoms with van der Waals surface area (Å²) in [5.74, 6) is 0.683. The van der Waals surface area contributed by atoms with Gasteiger partial charge in [0.1, 0.15) is 0 Å². The van der Waals surface area contributed by atoms with Crippen molar-refractivity contribution in [3.63, 3.8) is 0 Å². The summed E-state index contributed by atoms with van der Waals surface area (Å²) >= 11 is 0. The van der Waals surface area contributed by atoms with Crippen molar-refractivity contribution in [2.45, 2.75) is 45.7 Å². The molecule has 2 aromatic rings. The minimum absolute atomic E-state index is 0.554. The fraction of sp³-hybridized carbons (Fsp3) is 0.500. The molecule has 1 aromatic heterocycles. The Morgan fingerprint density at radius 3 is 2.90 bits per heavy atom. The van der Waals surface area contributed by atoms with Gasteiger partial charge in [0.2, 0.25) is 0 Å². The molecule has 0 saturated heterocycles. The topological polar surface area (TPSA) is 29.9 Å². The van der Waals surface area contributed by atoms with Crippen LogP contribution in [0.4, 0.5) is 0 Å². The molecular weight excluding hydrogens is 258 g/mol. The van der Waals surface area contributed by atoms with Gasteiger partial charge in [0.15, 0.2) is 0 Å². The SMILES string of the molecule is CC(C)CNCc1cncn1C1CCc2ccccc2C1. The van der Waals surface area contributed by atoms with E-state index in [4.69, 9.17) is 0 Å². The molecule has 21 heavy (non-hydrogen) atoms. The van der Waals surface area contributed by atoms with Crippen molar-refractivity contribution in [2.75, 3.05) is 6.54 Å². The third-order valence-electron chi connectivity index (χ3n) is 4.32. The smallest absolute Gasteiger partial charge is 0.0951 e. The number of imidazole rings is 1. The number of hydrogen-bond acceptors (Lipinski definition) is 2. The molecule has 1 atom stereocenters. The number of nitrogens with zero attached hydrogens (tertiary/aromatic N) is 2. The highest BCUT2D eigenvalue weighted by Gasteiger charge is 2.21. The molecule has 1 aliphatic rings. The number of aromatic nitrogens is 2. The van der Waals surface area contributed by atoms with E-state index >= 15 is 0 Å². The second kappa shape index (κ2) is 6.44. The highest BCUT2D eigenvalue weighted by molar-refractivity contribution is 5.30. The molecular formula is C18H25N3. The van der Waals surface area contributed by atoms with Crippen LogP contribution in [0, 0.1) is 5.92 Å². The van der Waals surface area contributed by atoms with Gasteiger partial charge in [-0.25, -0.2) is 4.98 Å². The Bertz CT molecular complexity index is 586. The largest absolute Gasteiger partial charge is 0.330 e. The summed E-state index contributed by atoms with van der Waals surface area (Å²) < 4.78 is 2.38. The van der Waals surface area contributed by atoms with Crippen LogP contribution < -0.4 is 5.32 Å². The van der Waals surface area contributed by atoms with Crippen LogP contribution in [0.2, 0.25) is 0 Å². The van der Waals surface area contributed by atoms with E-state index in [-0.39, 0.29) is 0 Å². The summed E-state index contributed by atoms with van der Waals surface area (Å²) in [5, 5.41) is 3.53. The lowest BCUT2D eigenvalue weighted by Crippen LogP contribution is -2.24. The molecule has 1 unspecified atom stereocenters. The fourth-order valence-electron chi connectivity index (χ4n) is 3.20. The van der Waals surface area contributed by atoms with Crippen molar-refractivity contribution < 1.29 is 0 Å². The van der Waals surface area contributed by atoms with E-state index in [1.807, 2.05) is 12.5 Å². The van der Waals surface area contributed by atoms with Gasteiger partial charge in [-0.05, 0) is 42.9 Å². The standard InChI is InChI=1S/C18H25N3/c1-14(2)10-19-11-18-12-20-13-21(18)17-8-7-15-5-3-4-6-16(15)9-17/h3-6,12-14,17,19H,7-11H2,1-2H3. The van der Waals surface area contributed by atoms with Crippen molar-refractivity contribution in [2.24, 2.45) is 5.92 Å². The number of benzene rings is 1. The molecule has 3 heteroatoms. The lowest BCUT2D eigenvalue weighted by atomic mass is 9.88. The average molecular weight is 283 g/mol. The summed E-state index contributed by atoms with van der Waals surface area (Å²) in [6, 6.07) is 9.40. The highest BCUT2D eigenvalue weighted by Crippen LogP contribution is 2.29. The summed E-state index contributed by atoms with van der Waals surface area (Å²) in [6.45, 7) is 6.44. The van der Waals surface area contributed by atoms with Crippen LogP contribution in [0.15, 0.2) is 36.8 Å². The summed E-state index contributed by atoms with van der Waals surface area (Å²) in [5.41, 5.74) is 4.33.